The summed E-state index contributed by atoms with van der Waals surface area (Å²) in [4.78, 5) is 15.8. The van der Waals surface area contributed by atoms with Crippen LogP contribution in [0, 0.1) is 13.8 Å². The van der Waals surface area contributed by atoms with Crippen LogP contribution in [0.4, 0.5) is 0 Å². The fourth-order valence-corrected chi connectivity index (χ4v) is 2.31. The molecule has 0 aliphatic heterocycles. The number of nitrogens with zero attached hydrogens (tertiary/aromatic N) is 1. The van der Waals surface area contributed by atoms with E-state index < -0.39 is 0 Å². The van der Waals surface area contributed by atoms with E-state index in [2.05, 4.69) is 31.0 Å². The Balaban J connectivity index is 2.29. The van der Waals surface area contributed by atoms with Gasteiger partial charge in [-0.3, -0.25) is 0 Å². The van der Waals surface area contributed by atoms with E-state index in [1.54, 1.807) is 6.92 Å². The Kier molecular flexibility index (Phi) is 3.77. The first-order valence-corrected chi connectivity index (χ1v) is 6.70. The second kappa shape index (κ2) is 5.31. The standard InChI is InChI=1S/C14H15NO2S/c1-4-17-14(16)13-15-12(8-18-13)11-6-5-9(2)10(3)7-11/h5-8H,4H2,1-3H3. The second-order valence-electron chi connectivity index (χ2n) is 4.06. The van der Waals surface area contributed by atoms with Gasteiger partial charge >= 0.3 is 5.97 Å². The molecule has 0 fully saturated rings. The van der Waals surface area contributed by atoms with Gasteiger partial charge in [-0.2, -0.15) is 0 Å². The number of rotatable bonds is 3. The lowest BCUT2D eigenvalue weighted by Gasteiger charge is -2.02. The molecule has 0 atom stereocenters. The number of esters is 1. The molecule has 4 heteroatoms. The van der Waals surface area contributed by atoms with Crippen LogP contribution < -0.4 is 0 Å². The van der Waals surface area contributed by atoms with Gasteiger partial charge in [-0.05, 0) is 38.0 Å². The van der Waals surface area contributed by atoms with Crippen LogP contribution in [-0.2, 0) is 4.74 Å². The summed E-state index contributed by atoms with van der Waals surface area (Å²) in [5.74, 6) is -0.349. The molecule has 0 unspecified atom stereocenters. The van der Waals surface area contributed by atoms with Crippen molar-refractivity contribution >= 4 is 17.3 Å². The van der Waals surface area contributed by atoms with Crippen molar-refractivity contribution in [3.8, 4) is 11.3 Å². The Morgan fingerprint density at radius 2 is 2.11 bits per heavy atom. The van der Waals surface area contributed by atoms with Gasteiger partial charge < -0.3 is 4.74 Å². The number of hydrogen-bond acceptors (Lipinski definition) is 4. The summed E-state index contributed by atoms with van der Waals surface area (Å²) >= 11 is 1.32. The van der Waals surface area contributed by atoms with Crippen LogP contribution in [0.2, 0.25) is 0 Å². The maximum absolute atomic E-state index is 11.5. The van der Waals surface area contributed by atoms with Crippen LogP contribution in [0.15, 0.2) is 23.6 Å². The summed E-state index contributed by atoms with van der Waals surface area (Å²) in [7, 11) is 0. The summed E-state index contributed by atoms with van der Waals surface area (Å²) in [5, 5.41) is 2.29. The zero-order chi connectivity index (χ0) is 13.1. The summed E-state index contributed by atoms with van der Waals surface area (Å²) in [6.07, 6.45) is 0. The van der Waals surface area contributed by atoms with Crippen molar-refractivity contribution in [2.24, 2.45) is 0 Å². The third-order valence-electron chi connectivity index (χ3n) is 2.76. The Bertz CT molecular complexity index is 575. The van der Waals surface area contributed by atoms with Gasteiger partial charge in [0, 0.05) is 10.9 Å². The lowest BCUT2D eigenvalue weighted by molar-refractivity contribution is 0.0526. The van der Waals surface area contributed by atoms with Gasteiger partial charge in [-0.1, -0.05) is 12.1 Å². The highest BCUT2D eigenvalue weighted by Gasteiger charge is 2.13. The maximum atomic E-state index is 11.5. The van der Waals surface area contributed by atoms with Crippen molar-refractivity contribution in [3.63, 3.8) is 0 Å². The van der Waals surface area contributed by atoms with Gasteiger partial charge in [0.05, 0.1) is 12.3 Å². The second-order valence-corrected chi connectivity index (χ2v) is 4.92. The van der Waals surface area contributed by atoms with Gasteiger partial charge in [0.2, 0.25) is 5.01 Å². The van der Waals surface area contributed by atoms with Crippen LogP contribution in [-0.4, -0.2) is 17.6 Å². The molecule has 2 aromatic rings. The Hall–Kier alpha value is -1.68. The predicted molar refractivity (Wildman–Crippen MR) is 73.0 cm³/mol. The lowest BCUT2D eigenvalue weighted by atomic mass is 10.1. The molecule has 18 heavy (non-hydrogen) atoms. The normalized spacial score (nSPS) is 10.4. The van der Waals surface area contributed by atoms with Crippen molar-refractivity contribution in [1.82, 2.24) is 4.98 Å². The highest BCUT2D eigenvalue weighted by Crippen LogP contribution is 2.24. The molecule has 1 aromatic carbocycles. The quantitative estimate of drug-likeness (QED) is 0.792. The molecule has 1 heterocycles. The Labute approximate surface area is 110 Å². The largest absolute Gasteiger partial charge is 0.461 e. The van der Waals surface area contributed by atoms with E-state index >= 15 is 0 Å². The molecule has 1 aromatic heterocycles. The van der Waals surface area contributed by atoms with Crippen molar-refractivity contribution in [3.05, 3.63) is 39.7 Å². The monoisotopic (exact) mass is 261 g/mol. The van der Waals surface area contributed by atoms with Crippen LogP contribution in [0.25, 0.3) is 11.3 Å². The smallest absolute Gasteiger partial charge is 0.367 e. The van der Waals surface area contributed by atoms with E-state index in [1.165, 1.54) is 22.5 Å². The van der Waals surface area contributed by atoms with Gasteiger partial charge in [0.25, 0.3) is 0 Å². The number of hydrogen-bond donors (Lipinski definition) is 0. The van der Waals surface area contributed by atoms with E-state index in [0.717, 1.165) is 11.3 Å². The fourth-order valence-electron chi connectivity index (χ4n) is 1.59. The van der Waals surface area contributed by atoms with Gasteiger partial charge in [0.1, 0.15) is 0 Å². The van der Waals surface area contributed by atoms with Gasteiger partial charge in [-0.25, -0.2) is 9.78 Å². The third-order valence-corrected chi connectivity index (χ3v) is 3.58. The topological polar surface area (TPSA) is 39.2 Å². The van der Waals surface area contributed by atoms with E-state index in [4.69, 9.17) is 4.74 Å². The lowest BCUT2D eigenvalue weighted by Crippen LogP contribution is -2.03. The third kappa shape index (κ3) is 2.59. The number of carbonyl (C=O) groups excluding carboxylic acids is 1. The van der Waals surface area contributed by atoms with E-state index in [1.807, 2.05) is 11.4 Å². The first kappa shape index (κ1) is 12.8. The van der Waals surface area contributed by atoms with Crippen LogP contribution in [0.3, 0.4) is 0 Å². The minimum atomic E-state index is -0.349. The number of aryl methyl sites for hydroxylation is 2. The zero-order valence-electron chi connectivity index (χ0n) is 10.7. The van der Waals surface area contributed by atoms with Crippen LogP contribution in [0.5, 0.6) is 0 Å². The summed E-state index contributed by atoms with van der Waals surface area (Å²) in [6.45, 7) is 6.30. The van der Waals surface area contributed by atoms with Gasteiger partial charge in [-0.15, -0.1) is 11.3 Å². The summed E-state index contributed by atoms with van der Waals surface area (Å²) < 4.78 is 4.93. The first-order valence-electron chi connectivity index (χ1n) is 5.82. The van der Waals surface area contributed by atoms with E-state index in [-0.39, 0.29) is 5.97 Å². The first-order chi connectivity index (χ1) is 8.61. The summed E-state index contributed by atoms with van der Waals surface area (Å²) in [6, 6.07) is 6.17. The average molecular weight is 261 g/mol. The molecular formula is C14H15NO2S. The molecule has 2 rings (SSSR count). The Morgan fingerprint density at radius 1 is 1.33 bits per heavy atom. The zero-order valence-corrected chi connectivity index (χ0v) is 11.5. The molecule has 0 aliphatic rings. The SMILES string of the molecule is CCOC(=O)c1nc(-c2ccc(C)c(C)c2)cs1. The van der Waals surface area contributed by atoms with Crippen molar-refractivity contribution in [1.29, 1.82) is 0 Å². The molecule has 0 saturated carbocycles. The number of aromatic nitrogens is 1. The molecule has 0 radical (unpaired) electrons. The molecule has 3 nitrogen and oxygen atoms in total. The maximum Gasteiger partial charge on any atom is 0.367 e. The van der Waals surface area contributed by atoms with Crippen molar-refractivity contribution < 1.29 is 9.53 Å². The average Bonchev–Trinajstić information content (AvgIpc) is 2.82. The number of thiazole rings is 1. The number of ether oxygens (including phenoxy) is 1. The van der Waals surface area contributed by atoms with E-state index in [0.29, 0.717) is 11.6 Å². The molecule has 0 aliphatic carbocycles. The van der Waals surface area contributed by atoms with Crippen LogP contribution >= 0.6 is 11.3 Å². The molecule has 0 bridgehead atoms. The van der Waals surface area contributed by atoms with Gasteiger partial charge in [0.15, 0.2) is 0 Å². The number of benzene rings is 1. The molecule has 94 valence electrons. The summed E-state index contributed by atoms with van der Waals surface area (Å²) in [5.41, 5.74) is 4.33. The molecule has 0 amide bonds. The Morgan fingerprint density at radius 3 is 2.78 bits per heavy atom. The highest BCUT2D eigenvalue weighted by molar-refractivity contribution is 7.11. The minimum Gasteiger partial charge on any atom is -0.461 e. The highest BCUT2D eigenvalue weighted by atomic mass is 32.1. The molecule has 0 spiro atoms. The molecule has 0 saturated heterocycles. The minimum absolute atomic E-state index is 0.349. The van der Waals surface area contributed by atoms with Crippen molar-refractivity contribution in [2.75, 3.05) is 6.61 Å². The van der Waals surface area contributed by atoms with Crippen LogP contribution in [0.1, 0.15) is 27.9 Å². The number of carbonyl (C=O) groups is 1. The fraction of sp³-hybridized carbons (Fsp3) is 0.286. The van der Waals surface area contributed by atoms with E-state index in [9.17, 15) is 4.79 Å². The van der Waals surface area contributed by atoms with Crippen molar-refractivity contribution in [2.45, 2.75) is 20.8 Å². The molecule has 0 N–H and O–H groups in total. The predicted octanol–water partition coefficient (Wildman–Crippen LogP) is 3.60. The molecular weight excluding hydrogens is 246 g/mol.